The van der Waals surface area contributed by atoms with E-state index in [-0.39, 0.29) is 6.61 Å². The molecule has 15 heavy (non-hydrogen) atoms. The highest BCUT2D eigenvalue weighted by Gasteiger charge is 2.18. The Bertz CT molecular complexity index is 363. The van der Waals surface area contributed by atoms with Crippen LogP contribution >= 0.6 is 0 Å². The number of methoxy groups -OCH3 is 1. The van der Waals surface area contributed by atoms with Crippen LogP contribution in [0.3, 0.4) is 0 Å². The van der Waals surface area contributed by atoms with Gasteiger partial charge in [-0.25, -0.2) is 0 Å². The standard InChI is InChI=1S/C12H17NO2/c1-8-11-6-12(15-2)10(7-14)5-9(11)3-4-13-8/h5-6,8,13-14H,3-4,7H2,1-2H3. The maximum atomic E-state index is 9.22. The Labute approximate surface area is 90.1 Å². The van der Waals surface area contributed by atoms with Crippen LogP contribution in [0.5, 0.6) is 5.75 Å². The van der Waals surface area contributed by atoms with Crippen LogP contribution in [0.2, 0.25) is 0 Å². The summed E-state index contributed by atoms with van der Waals surface area (Å²) in [6, 6.07) is 4.47. The van der Waals surface area contributed by atoms with Crippen LogP contribution < -0.4 is 10.1 Å². The summed E-state index contributed by atoms with van der Waals surface area (Å²) in [5, 5.41) is 12.6. The minimum Gasteiger partial charge on any atom is -0.496 e. The third kappa shape index (κ3) is 1.85. The molecule has 0 radical (unpaired) electrons. The molecule has 0 fully saturated rings. The van der Waals surface area contributed by atoms with Crippen LogP contribution in [-0.2, 0) is 13.0 Å². The van der Waals surface area contributed by atoms with Crippen molar-refractivity contribution in [3.05, 3.63) is 28.8 Å². The van der Waals surface area contributed by atoms with Gasteiger partial charge >= 0.3 is 0 Å². The molecular weight excluding hydrogens is 190 g/mol. The first-order valence-corrected chi connectivity index (χ1v) is 5.30. The summed E-state index contributed by atoms with van der Waals surface area (Å²) in [4.78, 5) is 0. The lowest BCUT2D eigenvalue weighted by Crippen LogP contribution is -2.27. The van der Waals surface area contributed by atoms with Gasteiger partial charge in [0.25, 0.3) is 0 Å². The van der Waals surface area contributed by atoms with Crippen LogP contribution in [0.1, 0.15) is 29.7 Å². The Morgan fingerprint density at radius 1 is 1.53 bits per heavy atom. The van der Waals surface area contributed by atoms with Crippen molar-refractivity contribution in [1.29, 1.82) is 0 Å². The highest BCUT2D eigenvalue weighted by atomic mass is 16.5. The molecule has 3 heteroatoms. The number of aliphatic hydroxyl groups is 1. The van der Waals surface area contributed by atoms with Gasteiger partial charge in [-0.05, 0) is 43.1 Å². The predicted octanol–water partition coefficient (Wildman–Crippen LogP) is 1.39. The van der Waals surface area contributed by atoms with E-state index < -0.39 is 0 Å². The minimum absolute atomic E-state index is 0.0399. The predicted molar refractivity (Wildman–Crippen MR) is 59.0 cm³/mol. The maximum Gasteiger partial charge on any atom is 0.124 e. The summed E-state index contributed by atoms with van der Waals surface area (Å²) in [7, 11) is 1.64. The first-order valence-electron chi connectivity index (χ1n) is 5.30. The van der Waals surface area contributed by atoms with E-state index in [1.54, 1.807) is 7.11 Å². The largest absolute Gasteiger partial charge is 0.496 e. The quantitative estimate of drug-likeness (QED) is 0.770. The van der Waals surface area contributed by atoms with Crippen molar-refractivity contribution in [1.82, 2.24) is 5.32 Å². The van der Waals surface area contributed by atoms with Gasteiger partial charge in [-0.1, -0.05) is 0 Å². The molecule has 1 unspecified atom stereocenters. The molecule has 0 aliphatic carbocycles. The Hall–Kier alpha value is -1.06. The molecule has 1 heterocycles. The van der Waals surface area contributed by atoms with Gasteiger partial charge in [0.1, 0.15) is 5.75 Å². The van der Waals surface area contributed by atoms with E-state index in [9.17, 15) is 5.11 Å². The molecule has 0 bridgehead atoms. The van der Waals surface area contributed by atoms with Gasteiger partial charge in [0.2, 0.25) is 0 Å². The average molecular weight is 207 g/mol. The zero-order chi connectivity index (χ0) is 10.8. The first kappa shape index (κ1) is 10.5. The average Bonchev–Trinajstić information content (AvgIpc) is 2.28. The Kier molecular flexibility index (Phi) is 2.93. The molecule has 0 aromatic heterocycles. The van der Waals surface area contributed by atoms with Gasteiger partial charge < -0.3 is 15.2 Å². The van der Waals surface area contributed by atoms with Gasteiger partial charge in [0.15, 0.2) is 0 Å². The topological polar surface area (TPSA) is 41.5 Å². The number of nitrogens with one attached hydrogen (secondary N) is 1. The Morgan fingerprint density at radius 3 is 3.00 bits per heavy atom. The maximum absolute atomic E-state index is 9.22. The van der Waals surface area contributed by atoms with Crippen LogP contribution in [0.15, 0.2) is 12.1 Å². The lowest BCUT2D eigenvalue weighted by atomic mass is 9.93. The molecule has 0 amide bonds. The third-order valence-electron chi connectivity index (χ3n) is 3.02. The first-order chi connectivity index (χ1) is 7.26. The van der Waals surface area contributed by atoms with Gasteiger partial charge in [0.05, 0.1) is 13.7 Å². The molecule has 1 aliphatic heterocycles. The molecule has 1 atom stereocenters. The van der Waals surface area contributed by atoms with Crippen molar-refractivity contribution in [3.63, 3.8) is 0 Å². The summed E-state index contributed by atoms with van der Waals surface area (Å²) in [6.45, 7) is 3.19. The number of rotatable bonds is 2. The summed E-state index contributed by atoms with van der Waals surface area (Å²) in [5.41, 5.74) is 3.49. The number of hydrogen-bond acceptors (Lipinski definition) is 3. The van der Waals surface area contributed by atoms with Gasteiger partial charge in [-0.3, -0.25) is 0 Å². The van der Waals surface area contributed by atoms with Gasteiger partial charge in [-0.15, -0.1) is 0 Å². The zero-order valence-electron chi connectivity index (χ0n) is 9.21. The van der Waals surface area contributed by atoms with Crippen molar-refractivity contribution in [3.8, 4) is 5.75 Å². The van der Waals surface area contributed by atoms with E-state index in [0.717, 1.165) is 24.3 Å². The van der Waals surface area contributed by atoms with E-state index in [0.29, 0.717) is 6.04 Å². The molecule has 0 saturated heterocycles. The fourth-order valence-electron chi connectivity index (χ4n) is 2.16. The van der Waals surface area contributed by atoms with Crippen molar-refractivity contribution >= 4 is 0 Å². The van der Waals surface area contributed by atoms with E-state index in [1.165, 1.54) is 11.1 Å². The van der Waals surface area contributed by atoms with Crippen LogP contribution in [0, 0.1) is 0 Å². The van der Waals surface area contributed by atoms with Crippen molar-refractivity contribution in [2.24, 2.45) is 0 Å². The number of ether oxygens (including phenoxy) is 1. The molecular formula is C12H17NO2. The van der Waals surface area contributed by atoms with E-state index >= 15 is 0 Å². The van der Waals surface area contributed by atoms with Crippen LogP contribution in [-0.4, -0.2) is 18.8 Å². The number of aliphatic hydroxyl groups excluding tert-OH is 1. The van der Waals surface area contributed by atoms with Crippen molar-refractivity contribution in [2.75, 3.05) is 13.7 Å². The van der Waals surface area contributed by atoms with E-state index in [4.69, 9.17) is 4.74 Å². The summed E-state index contributed by atoms with van der Waals surface area (Å²) in [5.74, 6) is 0.784. The van der Waals surface area contributed by atoms with Crippen molar-refractivity contribution in [2.45, 2.75) is 26.0 Å². The number of hydrogen-bond donors (Lipinski definition) is 2. The minimum atomic E-state index is 0.0399. The fourth-order valence-corrected chi connectivity index (χ4v) is 2.16. The second-order valence-electron chi connectivity index (χ2n) is 3.95. The second-order valence-corrected chi connectivity index (χ2v) is 3.95. The lowest BCUT2D eigenvalue weighted by Gasteiger charge is -2.25. The normalized spacial score (nSPS) is 19.8. The zero-order valence-corrected chi connectivity index (χ0v) is 9.21. The summed E-state index contributed by atoms with van der Waals surface area (Å²) >= 11 is 0. The lowest BCUT2D eigenvalue weighted by molar-refractivity contribution is 0.273. The Balaban J connectivity index is 2.48. The highest BCUT2D eigenvalue weighted by molar-refractivity contribution is 5.44. The van der Waals surface area contributed by atoms with Crippen LogP contribution in [0.25, 0.3) is 0 Å². The number of fused-ring (bicyclic) bond motifs is 1. The molecule has 82 valence electrons. The summed E-state index contributed by atoms with van der Waals surface area (Å²) in [6.07, 6.45) is 1.02. The second kappa shape index (κ2) is 4.21. The molecule has 1 aromatic rings. The molecule has 2 N–H and O–H groups in total. The molecule has 0 spiro atoms. The monoisotopic (exact) mass is 207 g/mol. The molecule has 1 aromatic carbocycles. The number of benzene rings is 1. The molecule has 0 saturated carbocycles. The third-order valence-corrected chi connectivity index (χ3v) is 3.02. The van der Waals surface area contributed by atoms with E-state index in [1.807, 2.05) is 6.07 Å². The summed E-state index contributed by atoms with van der Waals surface area (Å²) < 4.78 is 5.26. The smallest absolute Gasteiger partial charge is 0.124 e. The molecule has 3 nitrogen and oxygen atoms in total. The van der Waals surface area contributed by atoms with E-state index in [2.05, 4.69) is 18.3 Å². The Morgan fingerprint density at radius 2 is 2.33 bits per heavy atom. The highest BCUT2D eigenvalue weighted by Crippen LogP contribution is 2.30. The van der Waals surface area contributed by atoms with Crippen LogP contribution in [0.4, 0.5) is 0 Å². The SMILES string of the molecule is COc1cc2c(cc1CO)CCNC2C. The van der Waals surface area contributed by atoms with Gasteiger partial charge in [0, 0.05) is 11.6 Å². The van der Waals surface area contributed by atoms with Gasteiger partial charge in [-0.2, -0.15) is 0 Å². The molecule has 2 rings (SSSR count). The molecule has 1 aliphatic rings. The van der Waals surface area contributed by atoms with Crippen molar-refractivity contribution < 1.29 is 9.84 Å². The fraction of sp³-hybridized carbons (Fsp3) is 0.500.